The summed E-state index contributed by atoms with van der Waals surface area (Å²) in [6.45, 7) is 3.36. The van der Waals surface area contributed by atoms with Gasteiger partial charge in [-0.25, -0.2) is 0 Å². The molecule has 0 radical (unpaired) electrons. The van der Waals surface area contributed by atoms with Crippen molar-refractivity contribution in [3.63, 3.8) is 0 Å². The summed E-state index contributed by atoms with van der Waals surface area (Å²) in [5.41, 5.74) is 2.76. The molecule has 74 valence electrons. The van der Waals surface area contributed by atoms with Crippen LogP contribution in [-0.4, -0.2) is 16.7 Å². The van der Waals surface area contributed by atoms with Crippen molar-refractivity contribution in [2.24, 2.45) is 5.92 Å². The predicted octanol–water partition coefficient (Wildman–Crippen LogP) is 1.56. The van der Waals surface area contributed by atoms with Gasteiger partial charge < -0.3 is 5.32 Å². The normalized spacial score (nSPS) is 35.8. The van der Waals surface area contributed by atoms with E-state index in [9.17, 15) is 0 Å². The topological polar surface area (TPSA) is 40.7 Å². The standard InChI is InChI=1S/C11H15N3/c1-11(10-5-6-13-14-10)9-4-2-3-8(9)7-12-11/h4-6,8,12H,2-3,7H2,1H3,(H,13,14). The van der Waals surface area contributed by atoms with Crippen molar-refractivity contribution in [2.45, 2.75) is 25.3 Å². The molecule has 14 heavy (non-hydrogen) atoms. The Hall–Kier alpha value is -1.09. The van der Waals surface area contributed by atoms with Crippen LogP contribution in [0.4, 0.5) is 0 Å². The lowest BCUT2D eigenvalue weighted by atomic mass is 9.87. The van der Waals surface area contributed by atoms with Crippen molar-refractivity contribution >= 4 is 0 Å². The highest BCUT2D eigenvalue weighted by Crippen LogP contribution is 2.43. The Morgan fingerprint density at radius 2 is 2.50 bits per heavy atom. The van der Waals surface area contributed by atoms with Gasteiger partial charge in [-0.3, -0.25) is 5.10 Å². The minimum atomic E-state index is 0.0116. The van der Waals surface area contributed by atoms with E-state index in [0.29, 0.717) is 0 Å². The van der Waals surface area contributed by atoms with Crippen molar-refractivity contribution in [3.8, 4) is 0 Å². The number of fused-ring (bicyclic) bond motifs is 1. The lowest BCUT2D eigenvalue weighted by Gasteiger charge is -2.24. The Morgan fingerprint density at radius 3 is 3.29 bits per heavy atom. The number of hydrogen-bond donors (Lipinski definition) is 2. The number of rotatable bonds is 1. The van der Waals surface area contributed by atoms with Crippen LogP contribution in [0.5, 0.6) is 0 Å². The fourth-order valence-electron chi connectivity index (χ4n) is 2.80. The molecule has 0 aromatic carbocycles. The van der Waals surface area contributed by atoms with E-state index >= 15 is 0 Å². The summed E-state index contributed by atoms with van der Waals surface area (Å²) in [6.07, 6.45) is 6.77. The smallest absolute Gasteiger partial charge is 0.0792 e. The molecule has 1 fully saturated rings. The molecule has 2 unspecified atom stereocenters. The Kier molecular flexibility index (Phi) is 1.59. The van der Waals surface area contributed by atoms with Gasteiger partial charge in [-0.1, -0.05) is 6.08 Å². The molecular formula is C11H15N3. The van der Waals surface area contributed by atoms with Crippen molar-refractivity contribution in [2.75, 3.05) is 6.54 Å². The van der Waals surface area contributed by atoms with Gasteiger partial charge in [0, 0.05) is 12.7 Å². The first-order valence-corrected chi connectivity index (χ1v) is 5.26. The molecule has 1 aliphatic carbocycles. The van der Waals surface area contributed by atoms with E-state index in [0.717, 1.165) is 12.5 Å². The molecule has 1 aliphatic heterocycles. The van der Waals surface area contributed by atoms with Crippen LogP contribution in [0.2, 0.25) is 0 Å². The van der Waals surface area contributed by atoms with Crippen LogP contribution >= 0.6 is 0 Å². The summed E-state index contributed by atoms with van der Waals surface area (Å²) < 4.78 is 0. The van der Waals surface area contributed by atoms with Gasteiger partial charge in [0.05, 0.1) is 11.2 Å². The first-order chi connectivity index (χ1) is 6.81. The Labute approximate surface area is 83.6 Å². The van der Waals surface area contributed by atoms with Gasteiger partial charge in [-0.2, -0.15) is 5.10 Å². The van der Waals surface area contributed by atoms with Crippen LogP contribution in [-0.2, 0) is 5.54 Å². The predicted molar refractivity (Wildman–Crippen MR) is 54.7 cm³/mol. The second kappa shape index (κ2) is 2.70. The second-order valence-electron chi connectivity index (χ2n) is 4.41. The SMILES string of the molecule is CC1(c2ccn[nH]2)NCC2CCC=C21. The van der Waals surface area contributed by atoms with E-state index in [1.54, 1.807) is 5.57 Å². The number of allylic oxidation sites excluding steroid dienone is 1. The van der Waals surface area contributed by atoms with Crippen LogP contribution in [0.3, 0.4) is 0 Å². The van der Waals surface area contributed by atoms with Crippen LogP contribution < -0.4 is 5.32 Å². The maximum atomic E-state index is 4.03. The third kappa shape index (κ3) is 0.932. The minimum Gasteiger partial charge on any atom is -0.302 e. The van der Waals surface area contributed by atoms with Crippen molar-refractivity contribution < 1.29 is 0 Å². The molecule has 1 saturated heterocycles. The van der Waals surface area contributed by atoms with Crippen LogP contribution in [0.15, 0.2) is 23.9 Å². The van der Waals surface area contributed by atoms with Gasteiger partial charge in [-0.15, -0.1) is 0 Å². The monoisotopic (exact) mass is 189 g/mol. The number of H-pyrrole nitrogens is 1. The Balaban J connectivity index is 2.05. The average molecular weight is 189 g/mol. The van der Waals surface area contributed by atoms with Gasteiger partial charge in [0.1, 0.15) is 0 Å². The quantitative estimate of drug-likeness (QED) is 0.658. The Morgan fingerprint density at radius 1 is 1.57 bits per heavy atom. The highest BCUT2D eigenvalue weighted by Gasteiger charge is 2.43. The largest absolute Gasteiger partial charge is 0.302 e. The van der Waals surface area contributed by atoms with Crippen LogP contribution in [0.25, 0.3) is 0 Å². The van der Waals surface area contributed by atoms with Crippen molar-refractivity contribution in [1.82, 2.24) is 15.5 Å². The molecule has 2 atom stereocenters. The molecule has 3 nitrogen and oxygen atoms in total. The lowest BCUT2D eigenvalue weighted by molar-refractivity contribution is 0.486. The van der Waals surface area contributed by atoms with Gasteiger partial charge in [0.25, 0.3) is 0 Å². The van der Waals surface area contributed by atoms with Crippen molar-refractivity contribution in [1.29, 1.82) is 0 Å². The third-order valence-electron chi connectivity index (χ3n) is 3.64. The molecular weight excluding hydrogens is 174 g/mol. The molecule has 3 rings (SSSR count). The number of aromatic amines is 1. The fourth-order valence-corrected chi connectivity index (χ4v) is 2.80. The summed E-state index contributed by atoms with van der Waals surface area (Å²) in [5.74, 6) is 0.753. The van der Waals surface area contributed by atoms with Crippen LogP contribution in [0.1, 0.15) is 25.5 Å². The number of nitrogens with zero attached hydrogens (tertiary/aromatic N) is 1. The van der Waals surface area contributed by atoms with E-state index in [-0.39, 0.29) is 5.54 Å². The summed E-state index contributed by atoms with van der Waals surface area (Å²) in [7, 11) is 0. The molecule has 3 heteroatoms. The molecule has 0 spiro atoms. The summed E-state index contributed by atoms with van der Waals surface area (Å²) in [4.78, 5) is 0. The zero-order valence-corrected chi connectivity index (χ0v) is 8.38. The molecule has 2 aliphatic rings. The lowest BCUT2D eigenvalue weighted by Crippen LogP contribution is -2.35. The number of nitrogens with one attached hydrogen (secondary N) is 2. The average Bonchev–Trinajstić information content (AvgIpc) is 2.84. The third-order valence-corrected chi connectivity index (χ3v) is 3.64. The molecule has 1 aromatic rings. The van der Waals surface area contributed by atoms with Gasteiger partial charge in [0.2, 0.25) is 0 Å². The van der Waals surface area contributed by atoms with E-state index < -0.39 is 0 Å². The van der Waals surface area contributed by atoms with E-state index in [2.05, 4.69) is 34.6 Å². The summed E-state index contributed by atoms with van der Waals surface area (Å²) >= 11 is 0. The summed E-state index contributed by atoms with van der Waals surface area (Å²) in [6, 6.07) is 2.06. The van der Waals surface area contributed by atoms with E-state index in [1.807, 2.05) is 6.20 Å². The zero-order valence-electron chi connectivity index (χ0n) is 8.38. The van der Waals surface area contributed by atoms with Gasteiger partial charge in [0.15, 0.2) is 0 Å². The van der Waals surface area contributed by atoms with E-state index in [1.165, 1.54) is 18.5 Å². The second-order valence-corrected chi connectivity index (χ2v) is 4.41. The number of hydrogen-bond acceptors (Lipinski definition) is 2. The molecule has 1 aromatic heterocycles. The first kappa shape index (κ1) is 8.24. The molecule has 0 amide bonds. The highest BCUT2D eigenvalue weighted by molar-refractivity contribution is 5.36. The molecule has 0 saturated carbocycles. The zero-order chi connectivity index (χ0) is 9.60. The van der Waals surface area contributed by atoms with E-state index in [4.69, 9.17) is 0 Å². The molecule has 0 bridgehead atoms. The highest BCUT2D eigenvalue weighted by atomic mass is 15.1. The maximum Gasteiger partial charge on any atom is 0.0792 e. The molecule has 2 N–H and O–H groups in total. The minimum absolute atomic E-state index is 0.0116. The molecule has 2 heterocycles. The number of aromatic nitrogens is 2. The van der Waals surface area contributed by atoms with Crippen molar-refractivity contribution in [3.05, 3.63) is 29.6 Å². The fraction of sp³-hybridized carbons (Fsp3) is 0.545. The van der Waals surface area contributed by atoms with Crippen LogP contribution in [0, 0.1) is 5.92 Å². The van der Waals surface area contributed by atoms with Gasteiger partial charge in [-0.05, 0) is 37.3 Å². The Bertz CT molecular complexity index is 366. The summed E-state index contributed by atoms with van der Waals surface area (Å²) in [5, 5.41) is 10.7. The first-order valence-electron chi connectivity index (χ1n) is 5.26. The van der Waals surface area contributed by atoms with Gasteiger partial charge >= 0.3 is 0 Å². The maximum absolute atomic E-state index is 4.03.